The molecule has 0 amide bonds. The molecule has 1 unspecified atom stereocenters. The summed E-state index contributed by atoms with van der Waals surface area (Å²) in [5.74, 6) is 0.774. The monoisotopic (exact) mass is 255 g/mol. The van der Waals surface area contributed by atoms with Gasteiger partial charge in [-0.25, -0.2) is 0 Å². The van der Waals surface area contributed by atoms with Gasteiger partial charge in [0.2, 0.25) is 0 Å². The molecule has 1 atom stereocenters. The summed E-state index contributed by atoms with van der Waals surface area (Å²) in [4.78, 5) is 0. The Morgan fingerprint density at radius 2 is 2.11 bits per heavy atom. The fraction of sp³-hybridized carbons (Fsp3) is 0.267. The van der Waals surface area contributed by atoms with Gasteiger partial charge < -0.3 is 10.2 Å². The predicted octanol–water partition coefficient (Wildman–Crippen LogP) is 3.01. The van der Waals surface area contributed by atoms with E-state index in [4.69, 9.17) is 10.2 Å². The minimum absolute atomic E-state index is 0.284. The Labute approximate surface area is 111 Å². The van der Waals surface area contributed by atoms with Crippen LogP contribution in [0.1, 0.15) is 30.1 Å². The van der Waals surface area contributed by atoms with Gasteiger partial charge in [-0.05, 0) is 32.0 Å². The maximum absolute atomic E-state index is 6.32. The van der Waals surface area contributed by atoms with E-state index in [-0.39, 0.29) is 6.04 Å². The van der Waals surface area contributed by atoms with Crippen LogP contribution >= 0.6 is 0 Å². The average molecular weight is 255 g/mol. The molecule has 2 aromatic heterocycles. The molecule has 0 saturated carbocycles. The fourth-order valence-electron chi connectivity index (χ4n) is 2.37. The zero-order chi connectivity index (χ0) is 13.4. The van der Waals surface area contributed by atoms with Crippen molar-refractivity contribution in [1.29, 1.82) is 0 Å². The van der Waals surface area contributed by atoms with Crippen LogP contribution in [-0.4, -0.2) is 9.78 Å². The van der Waals surface area contributed by atoms with E-state index >= 15 is 0 Å². The van der Waals surface area contributed by atoms with E-state index in [2.05, 4.69) is 12.0 Å². The highest BCUT2D eigenvalue weighted by Gasteiger charge is 2.18. The summed E-state index contributed by atoms with van der Waals surface area (Å²) in [7, 11) is 0. The summed E-state index contributed by atoms with van der Waals surface area (Å²) in [5, 5.41) is 5.50. The molecule has 4 nitrogen and oxygen atoms in total. The molecule has 98 valence electrons. The first kappa shape index (κ1) is 12.0. The Morgan fingerprint density at radius 1 is 1.32 bits per heavy atom. The number of aromatic nitrogens is 2. The van der Waals surface area contributed by atoms with E-state index in [1.165, 1.54) is 0 Å². The van der Waals surface area contributed by atoms with Crippen LogP contribution in [0.2, 0.25) is 0 Å². The number of furan rings is 1. The number of hydrogen-bond acceptors (Lipinski definition) is 3. The van der Waals surface area contributed by atoms with E-state index in [1.54, 1.807) is 0 Å². The van der Waals surface area contributed by atoms with Gasteiger partial charge in [0.25, 0.3) is 0 Å². The third-order valence-corrected chi connectivity index (χ3v) is 3.30. The zero-order valence-electron chi connectivity index (χ0n) is 11.1. The van der Waals surface area contributed by atoms with Crippen molar-refractivity contribution < 1.29 is 4.42 Å². The Morgan fingerprint density at radius 3 is 2.84 bits per heavy atom. The predicted molar refractivity (Wildman–Crippen MR) is 74.9 cm³/mol. The first-order valence-electron chi connectivity index (χ1n) is 6.47. The highest BCUT2D eigenvalue weighted by molar-refractivity contribution is 5.77. The van der Waals surface area contributed by atoms with Crippen molar-refractivity contribution in [2.75, 3.05) is 0 Å². The lowest BCUT2D eigenvalue weighted by Gasteiger charge is -2.10. The van der Waals surface area contributed by atoms with E-state index in [0.29, 0.717) is 0 Å². The standard InChI is InChI=1S/C15H17N3O/c1-3-18-12(8-10(2)17-18)15(16)14-9-11-6-4-5-7-13(11)19-14/h4-9,15H,3,16H2,1-2H3. The van der Waals surface area contributed by atoms with Crippen molar-refractivity contribution in [1.82, 2.24) is 9.78 Å². The van der Waals surface area contributed by atoms with Gasteiger partial charge in [0.15, 0.2) is 0 Å². The van der Waals surface area contributed by atoms with E-state index in [9.17, 15) is 0 Å². The molecule has 0 aliphatic rings. The lowest BCUT2D eigenvalue weighted by atomic mass is 10.1. The largest absolute Gasteiger partial charge is 0.459 e. The molecular formula is C15H17N3O. The van der Waals surface area contributed by atoms with Crippen LogP contribution in [0, 0.1) is 6.92 Å². The molecule has 3 aromatic rings. The molecule has 0 aliphatic heterocycles. The Hall–Kier alpha value is -2.07. The Balaban J connectivity index is 2.05. The number of benzene rings is 1. The molecule has 0 spiro atoms. The molecule has 2 heterocycles. The van der Waals surface area contributed by atoms with Crippen molar-refractivity contribution in [3.05, 3.63) is 53.5 Å². The summed E-state index contributed by atoms with van der Waals surface area (Å²) in [6, 6.07) is 11.7. The summed E-state index contributed by atoms with van der Waals surface area (Å²) < 4.78 is 7.75. The topological polar surface area (TPSA) is 57.0 Å². The van der Waals surface area contributed by atoms with Gasteiger partial charge in [0.1, 0.15) is 17.4 Å². The van der Waals surface area contributed by atoms with Crippen LogP contribution in [0.15, 0.2) is 40.8 Å². The Kier molecular flexibility index (Phi) is 2.87. The van der Waals surface area contributed by atoms with Gasteiger partial charge in [0, 0.05) is 11.9 Å². The number of fused-ring (bicyclic) bond motifs is 1. The highest BCUT2D eigenvalue weighted by atomic mass is 16.3. The van der Waals surface area contributed by atoms with Gasteiger partial charge >= 0.3 is 0 Å². The molecule has 0 radical (unpaired) electrons. The molecule has 0 fully saturated rings. The number of para-hydroxylation sites is 1. The van der Waals surface area contributed by atoms with Crippen molar-refractivity contribution >= 4 is 11.0 Å². The third-order valence-electron chi connectivity index (χ3n) is 3.30. The lowest BCUT2D eigenvalue weighted by molar-refractivity contribution is 0.500. The summed E-state index contributed by atoms with van der Waals surface area (Å²) >= 11 is 0. The molecule has 0 aliphatic carbocycles. The number of aryl methyl sites for hydroxylation is 2. The van der Waals surface area contributed by atoms with Gasteiger partial charge in [-0.1, -0.05) is 18.2 Å². The van der Waals surface area contributed by atoms with Crippen LogP contribution < -0.4 is 5.73 Å². The molecule has 0 saturated heterocycles. The molecule has 2 N–H and O–H groups in total. The molecule has 3 rings (SSSR count). The smallest absolute Gasteiger partial charge is 0.134 e. The summed E-state index contributed by atoms with van der Waals surface area (Å²) in [5.41, 5.74) is 9.14. The number of hydrogen-bond donors (Lipinski definition) is 1. The van der Waals surface area contributed by atoms with Crippen LogP contribution in [0.5, 0.6) is 0 Å². The molecule has 0 bridgehead atoms. The minimum Gasteiger partial charge on any atom is -0.459 e. The molecular weight excluding hydrogens is 238 g/mol. The lowest BCUT2D eigenvalue weighted by Crippen LogP contribution is -2.16. The van der Waals surface area contributed by atoms with E-state index < -0.39 is 0 Å². The summed E-state index contributed by atoms with van der Waals surface area (Å²) in [6.45, 7) is 4.83. The SMILES string of the molecule is CCn1nc(C)cc1C(N)c1cc2ccccc2o1. The van der Waals surface area contributed by atoms with Crippen molar-refractivity contribution in [2.24, 2.45) is 5.73 Å². The second-order valence-electron chi connectivity index (χ2n) is 4.69. The number of rotatable bonds is 3. The first-order chi connectivity index (χ1) is 9.19. The van der Waals surface area contributed by atoms with Crippen molar-refractivity contribution in [2.45, 2.75) is 26.4 Å². The zero-order valence-corrected chi connectivity index (χ0v) is 11.1. The first-order valence-corrected chi connectivity index (χ1v) is 6.47. The van der Waals surface area contributed by atoms with E-state index in [0.717, 1.165) is 34.7 Å². The quantitative estimate of drug-likeness (QED) is 0.782. The molecule has 19 heavy (non-hydrogen) atoms. The second-order valence-corrected chi connectivity index (χ2v) is 4.69. The maximum Gasteiger partial charge on any atom is 0.134 e. The summed E-state index contributed by atoms with van der Waals surface area (Å²) in [6.07, 6.45) is 0. The number of nitrogens with zero attached hydrogens (tertiary/aromatic N) is 2. The molecule has 4 heteroatoms. The average Bonchev–Trinajstić information content (AvgIpc) is 3.00. The van der Waals surface area contributed by atoms with E-state index in [1.807, 2.05) is 48.0 Å². The van der Waals surface area contributed by atoms with Gasteiger partial charge in [-0.3, -0.25) is 4.68 Å². The highest BCUT2D eigenvalue weighted by Crippen LogP contribution is 2.26. The van der Waals surface area contributed by atoms with Crippen LogP contribution in [0.3, 0.4) is 0 Å². The van der Waals surface area contributed by atoms with Crippen molar-refractivity contribution in [3.8, 4) is 0 Å². The van der Waals surface area contributed by atoms with Gasteiger partial charge in [0.05, 0.1) is 11.4 Å². The molecule has 1 aromatic carbocycles. The van der Waals surface area contributed by atoms with Crippen LogP contribution in [-0.2, 0) is 6.54 Å². The van der Waals surface area contributed by atoms with Gasteiger partial charge in [-0.2, -0.15) is 5.10 Å². The third kappa shape index (κ3) is 2.04. The normalized spacial score (nSPS) is 13.0. The van der Waals surface area contributed by atoms with Gasteiger partial charge in [-0.15, -0.1) is 0 Å². The maximum atomic E-state index is 6.32. The minimum atomic E-state index is -0.284. The van der Waals surface area contributed by atoms with Crippen LogP contribution in [0.4, 0.5) is 0 Å². The van der Waals surface area contributed by atoms with Crippen LogP contribution in [0.25, 0.3) is 11.0 Å². The fourth-order valence-corrected chi connectivity index (χ4v) is 2.37. The van der Waals surface area contributed by atoms with Crippen molar-refractivity contribution in [3.63, 3.8) is 0 Å². The number of nitrogens with two attached hydrogens (primary N) is 1. The Bertz CT molecular complexity index is 678. The second kappa shape index (κ2) is 4.55.